The van der Waals surface area contributed by atoms with Crippen LogP contribution in [-0.2, 0) is 21.6 Å². The lowest BCUT2D eigenvalue weighted by Crippen LogP contribution is -2.59. The summed E-state index contributed by atoms with van der Waals surface area (Å²) in [6.45, 7) is 3.68. The SMILES string of the molecule is COc1cccc(CN2C(=O)OC3(CCN(C(=O)C4CCC4)CC3)C2(C)c2cccnc2)c1. The van der Waals surface area contributed by atoms with Gasteiger partial charge in [-0.15, -0.1) is 0 Å². The van der Waals surface area contributed by atoms with Gasteiger partial charge in [-0.05, 0) is 49.1 Å². The van der Waals surface area contributed by atoms with Gasteiger partial charge in [-0.3, -0.25) is 14.7 Å². The maximum atomic E-state index is 13.3. The molecular weight excluding hydrogens is 418 g/mol. The van der Waals surface area contributed by atoms with Crippen molar-refractivity contribution in [3.63, 3.8) is 0 Å². The van der Waals surface area contributed by atoms with Gasteiger partial charge in [0.05, 0.1) is 13.7 Å². The molecule has 3 aliphatic rings. The molecule has 2 aromatic rings. The first-order valence-corrected chi connectivity index (χ1v) is 11.8. The highest BCUT2D eigenvalue weighted by atomic mass is 16.6. The van der Waals surface area contributed by atoms with Crippen molar-refractivity contribution in [2.24, 2.45) is 5.92 Å². The summed E-state index contributed by atoms with van der Waals surface area (Å²) in [5.74, 6) is 1.19. The van der Waals surface area contributed by atoms with Gasteiger partial charge in [0.15, 0.2) is 0 Å². The Morgan fingerprint density at radius 3 is 2.64 bits per heavy atom. The predicted octanol–water partition coefficient (Wildman–Crippen LogP) is 4.12. The number of carbonyl (C=O) groups is 2. The number of hydrogen-bond donors (Lipinski definition) is 0. The minimum Gasteiger partial charge on any atom is -0.497 e. The van der Waals surface area contributed by atoms with Crippen molar-refractivity contribution < 1.29 is 19.1 Å². The molecule has 33 heavy (non-hydrogen) atoms. The predicted molar refractivity (Wildman–Crippen MR) is 122 cm³/mol. The Bertz CT molecular complexity index is 1030. The van der Waals surface area contributed by atoms with E-state index >= 15 is 0 Å². The number of piperidine rings is 1. The molecular formula is C26H31N3O4. The van der Waals surface area contributed by atoms with Gasteiger partial charge < -0.3 is 14.4 Å². The van der Waals surface area contributed by atoms with E-state index in [1.54, 1.807) is 13.3 Å². The maximum Gasteiger partial charge on any atom is 0.411 e. The number of methoxy groups -OCH3 is 1. The number of amides is 2. The Kier molecular flexibility index (Phi) is 5.51. The van der Waals surface area contributed by atoms with Crippen LogP contribution in [0, 0.1) is 5.92 Å². The summed E-state index contributed by atoms with van der Waals surface area (Å²) in [6, 6.07) is 11.7. The second-order valence-corrected chi connectivity index (χ2v) is 9.57. The zero-order valence-electron chi connectivity index (χ0n) is 19.3. The largest absolute Gasteiger partial charge is 0.497 e. The van der Waals surface area contributed by atoms with Crippen molar-refractivity contribution in [3.8, 4) is 5.75 Å². The second kappa shape index (κ2) is 8.36. The number of pyridine rings is 1. The minimum atomic E-state index is -0.720. The van der Waals surface area contributed by atoms with Crippen molar-refractivity contribution in [3.05, 3.63) is 59.9 Å². The first-order chi connectivity index (χ1) is 16.0. The van der Waals surface area contributed by atoms with E-state index in [2.05, 4.69) is 11.9 Å². The quantitative estimate of drug-likeness (QED) is 0.687. The zero-order chi connectivity index (χ0) is 23.1. The molecule has 1 aliphatic carbocycles. The van der Waals surface area contributed by atoms with Crippen LogP contribution in [-0.4, -0.2) is 52.6 Å². The summed E-state index contributed by atoms with van der Waals surface area (Å²) in [4.78, 5) is 34.3. The van der Waals surface area contributed by atoms with Gasteiger partial charge in [0.2, 0.25) is 5.91 Å². The van der Waals surface area contributed by atoms with E-state index in [0.717, 1.165) is 36.1 Å². The van der Waals surface area contributed by atoms with E-state index in [1.807, 2.05) is 52.4 Å². The van der Waals surface area contributed by atoms with E-state index in [9.17, 15) is 9.59 Å². The molecule has 2 aliphatic heterocycles. The molecule has 3 fully saturated rings. The summed E-state index contributed by atoms with van der Waals surface area (Å²) < 4.78 is 11.6. The topological polar surface area (TPSA) is 72.0 Å². The highest BCUT2D eigenvalue weighted by molar-refractivity contribution is 5.80. The van der Waals surface area contributed by atoms with E-state index < -0.39 is 11.1 Å². The second-order valence-electron chi connectivity index (χ2n) is 9.57. The first kappa shape index (κ1) is 21.7. The summed E-state index contributed by atoms with van der Waals surface area (Å²) in [5, 5.41) is 0. The van der Waals surface area contributed by atoms with Gasteiger partial charge in [-0.25, -0.2) is 4.79 Å². The van der Waals surface area contributed by atoms with Crippen LogP contribution in [0.15, 0.2) is 48.8 Å². The third-order valence-corrected chi connectivity index (χ3v) is 7.97. The number of nitrogens with zero attached hydrogens (tertiary/aromatic N) is 3. The smallest absolute Gasteiger partial charge is 0.411 e. The van der Waals surface area contributed by atoms with Gasteiger partial charge >= 0.3 is 6.09 Å². The average molecular weight is 450 g/mol. The minimum absolute atomic E-state index is 0.180. The Morgan fingerprint density at radius 2 is 2.00 bits per heavy atom. The van der Waals surface area contributed by atoms with Crippen molar-refractivity contribution in [2.45, 2.75) is 56.7 Å². The fourth-order valence-corrected chi connectivity index (χ4v) is 5.59. The standard InChI is InChI=1S/C26H31N3O4/c1-25(21-9-5-13-27-17-21)26(11-14-28(15-12-26)23(30)20-7-4-8-20)33-24(31)29(25)18-19-6-3-10-22(16-19)32-2/h3,5-6,9-10,13,16-17,20H,4,7-8,11-12,14-15,18H2,1-2H3. The summed E-state index contributed by atoms with van der Waals surface area (Å²) >= 11 is 0. The Labute approximate surface area is 194 Å². The molecule has 0 bridgehead atoms. The molecule has 1 atom stereocenters. The summed E-state index contributed by atoms with van der Waals surface area (Å²) in [7, 11) is 1.64. The number of ether oxygens (including phenoxy) is 2. The number of aromatic nitrogens is 1. The number of benzene rings is 1. The highest BCUT2D eigenvalue weighted by Gasteiger charge is 2.64. The van der Waals surface area contributed by atoms with Gasteiger partial charge in [0, 0.05) is 44.2 Å². The molecule has 2 saturated heterocycles. The molecule has 0 N–H and O–H groups in total. The third-order valence-electron chi connectivity index (χ3n) is 7.97. The van der Waals surface area contributed by atoms with Crippen LogP contribution in [0.3, 0.4) is 0 Å². The molecule has 3 heterocycles. The third kappa shape index (κ3) is 3.54. The van der Waals surface area contributed by atoms with E-state index in [1.165, 1.54) is 0 Å². The van der Waals surface area contributed by atoms with Crippen molar-refractivity contribution in [2.75, 3.05) is 20.2 Å². The van der Waals surface area contributed by atoms with Crippen LogP contribution < -0.4 is 4.74 Å². The van der Waals surface area contributed by atoms with Crippen molar-refractivity contribution in [1.29, 1.82) is 0 Å². The number of hydrogen-bond acceptors (Lipinski definition) is 5. The molecule has 1 aromatic heterocycles. The lowest BCUT2D eigenvalue weighted by atomic mass is 9.70. The van der Waals surface area contributed by atoms with E-state index in [4.69, 9.17) is 9.47 Å². The zero-order valence-corrected chi connectivity index (χ0v) is 19.3. The average Bonchev–Trinajstić information content (AvgIpc) is 3.01. The first-order valence-electron chi connectivity index (χ1n) is 11.8. The Morgan fingerprint density at radius 1 is 1.21 bits per heavy atom. The Hall–Kier alpha value is -3.09. The number of carbonyl (C=O) groups excluding carboxylic acids is 2. The van der Waals surface area contributed by atoms with Gasteiger partial charge in [-0.2, -0.15) is 0 Å². The van der Waals surface area contributed by atoms with E-state index in [-0.39, 0.29) is 17.9 Å². The monoisotopic (exact) mass is 449 g/mol. The molecule has 0 radical (unpaired) electrons. The van der Waals surface area contributed by atoms with Gasteiger partial charge in [0.1, 0.15) is 16.9 Å². The number of rotatable bonds is 5. The summed E-state index contributed by atoms with van der Waals surface area (Å²) in [5.41, 5.74) is 0.476. The molecule has 1 saturated carbocycles. The highest BCUT2D eigenvalue weighted by Crippen LogP contribution is 2.52. The maximum absolute atomic E-state index is 13.3. The summed E-state index contributed by atoms with van der Waals surface area (Å²) in [6.07, 6.45) is 7.59. The van der Waals surface area contributed by atoms with Gasteiger partial charge in [0.25, 0.3) is 0 Å². The van der Waals surface area contributed by atoms with Crippen LogP contribution in [0.1, 0.15) is 50.2 Å². The molecule has 7 nitrogen and oxygen atoms in total. The van der Waals surface area contributed by atoms with Crippen molar-refractivity contribution in [1.82, 2.24) is 14.8 Å². The van der Waals surface area contributed by atoms with E-state index in [0.29, 0.717) is 32.5 Å². The van der Waals surface area contributed by atoms with Crippen molar-refractivity contribution >= 4 is 12.0 Å². The van der Waals surface area contributed by atoms with Crippen LogP contribution >= 0.6 is 0 Å². The molecule has 1 spiro atoms. The fraction of sp³-hybridized carbons (Fsp3) is 0.500. The van der Waals surface area contributed by atoms with Crippen LogP contribution in [0.25, 0.3) is 0 Å². The molecule has 1 aromatic carbocycles. The van der Waals surface area contributed by atoms with Crippen LogP contribution in [0.5, 0.6) is 5.75 Å². The lowest BCUT2D eigenvalue weighted by Gasteiger charge is -2.48. The normalized spacial score (nSPS) is 24.5. The molecule has 1 unspecified atom stereocenters. The molecule has 5 rings (SSSR count). The molecule has 174 valence electrons. The number of likely N-dealkylation sites (tertiary alicyclic amines) is 1. The van der Waals surface area contributed by atoms with Gasteiger partial charge in [-0.1, -0.05) is 24.6 Å². The molecule has 7 heteroatoms. The molecule has 2 amide bonds. The Balaban J connectivity index is 1.46. The fourth-order valence-electron chi connectivity index (χ4n) is 5.59. The van der Waals surface area contributed by atoms with Crippen LogP contribution in [0.2, 0.25) is 0 Å². The lowest BCUT2D eigenvalue weighted by molar-refractivity contribution is -0.144. The van der Waals surface area contributed by atoms with Crippen LogP contribution in [0.4, 0.5) is 4.79 Å².